The molecule has 1 aromatic carbocycles. The largest absolute Gasteiger partial charge is 0.381 e. The maximum atomic E-state index is 11.3. The molecule has 0 radical (unpaired) electrons. The van der Waals surface area contributed by atoms with Gasteiger partial charge in [0.05, 0.1) is 6.20 Å². The summed E-state index contributed by atoms with van der Waals surface area (Å²) >= 11 is 6.48. The summed E-state index contributed by atoms with van der Waals surface area (Å²) in [5.41, 5.74) is 7.77. The zero-order valence-electron chi connectivity index (χ0n) is 17.4. The third-order valence-corrected chi connectivity index (χ3v) is 6.73. The molecule has 0 saturated carbocycles. The first-order chi connectivity index (χ1) is 14.8. The minimum absolute atomic E-state index is 0.0779. The van der Waals surface area contributed by atoms with E-state index in [1.165, 1.54) is 11.8 Å². The average molecular weight is 442 g/mol. The van der Waals surface area contributed by atoms with Gasteiger partial charge >= 0.3 is 0 Å². The van der Waals surface area contributed by atoms with Gasteiger partial charge in [-0.05, 0) is 43.9 Å². The van der Waals surface area contributed by atoms with Crippen LogP contribution in [0.3, 0.4) is 0 Å². The normalized spacial score (nSPS) is 19.4. The molecule has 2 aromatic heterocycles. The molecule has 8 nitrogen and oxygen atoms in total. The van der Waals surface area contributed by atoms with Crippen LogP contribution in [0, 0.1) is 6.92 Å². The summed E-state index contributed by atoms with van der Waals surface area (Å²) in [5.74, 6) is 1.37. The highest BCUT2D eigenvalue weighted by molar-refractivity contribution is 6.33. The second-order valence-electron chi connectivity index (χ2n) is 8.51. The molecule has 1 spiro atoms. The van der Waals surface area contributed by atoms with E-state index in [4.69, 9.17) is 26.6 Å². The monoisotopic (exact) mass is 441 g/mol. The Balaban J connectivity index is 1.66. The quantitative estimate of drug-likeness (QED) is 0.635. The number of nitrogens with zero attached hydrogens (tertiary/aromatic N) is 4. The fraction of sp³-hybridized carbons (Fsp3) is 0.409. The Labute approximate surface area is 185 Å². The van der Waals surface area contributed by atoms with Gasteiger partial charge in [-0.1, -0.05) is 28.9 Å². The van der Waals surface area contributed by atoms with Crippen molar-refractivity contribution in [3.63, 3.8) is 0 Å². The first-order valence-electron chi connectivity index (χ1n) is 10.2. The van der Waals surface area contributed by atoms with Crippen molar-refractivity contribution < 1.29 is 14.4 Å². The van der Waals surface area contributed by atoms with Gasteiger partial charge in [0.2, 0.25) is 5.95 Å². The van der Waals surface area contributed by atoms with Gasteiger partial charge in [0.15, 0.2) is 5.82 Å². The number of halogens is 1. The van der Waals surface area contributed by atoms with Crippen LogP contribution in [0.2, 0.25) is 5.02 Å². The number of aromatic nitrogens is 3. The van der Waals surface area contributed by atoms with Crippen molar-refractivity contribution in [2.75, 3.05) is 30.4 Å². The Morgan fingerprint density at radius 3 is 2.74 bits per heavy atom. The smallest absolute Gasteiger partial charge is 0.222 e. The van der Waals surface area contributed by atoms with E-state index in [9.17, 15) is 5.11 Å². The van der Waals surface area contributed by atoms with Crippen molar-refractivity contribution in [1.82, 2.24) is 15.1 Å². The minimum Gasteiger partial charge on any atom is -0.381 e. The number of benzene rings is 1. The maximum Gasteiger partial charge on any atom is 0.222 e. The van der Waals surface area contributed by atoms with Gasteiger partial charge in [0, 0.05) is 36.9 Å². The average Bonchev–Trinajstić information content (AvgIpc) is 3.33. The van der Waals surface area contributed by atoms with Crippen LogP contribution in [-0.2, 0) is 15.8 Å². The SMILES string of the molecule is Cc1cc([C@@](C)(O)c2ccc3c(c2)N(c2nc(N)ncc2Cl)CC32CCOCC2)no1. The zero-order valence-corrected chi connectivity index (χ0v) is 18.2. The summed E-state index contributed by atoms with van der Waals surface area (Å²) < 4.78 is 10.8. The van der Waals surface area contributed by atoms with Crippen LogP contribution in [-0.4, -0.2) is 40.0 Å². The highest BCUT2D eigenvalue weighted by Crippen LogP contribution is 2.51. The molecule has 5 rings (SSSR count). The highest BCUT2D eigenvalue weighted by atomic mass is 35.5. The maximum absolute atomic E-state index is 11.3. The molecule has 0 aliphatic carbocycles. The number of nitrogen functional groups attached to an aromatic ring is 1. The number of aliphatic hydroxyl groups is 1. The third-order valence-electron chi connectivity index (χ3n) is 6.46. The molecule has 3 N–H and O–H groups in total. The molecular formula is C22H24ClN5O3. The van der Waals surface area contributed by atoms with Crippen molar-refractivity contribution in [3.05, 3.63) is 58.1 Å². The molecule has 2 aliphatic heterocycles. The molecule has 162 valence electrons. The summed E-state index contributed by atoms with van der Waals surface area (Å²) in [6.07, 6.45) is 3.31. The molecule has 31 heavy (non-hydrogen) atoms. The zero-order chi connectivity index (χ0) is 21.8. The molecule has 1 saturated heterocycles. The first-order valence-corrected chi connectivity index (χ1v) is 10.6. The molecule has 4 heterocycles. The van der Waals surface area contributed by atoms with Gasteiger partial charge in [-0.2, -0.15) is 4.98 Å². The van der Waals surface area contributed by atoms with E-state index in [0.717, 1.165) is 18.5 Å². The van der Waals surface area contributed by atoms with Gasteiger partial charge in [0.25, 0.3) is 0 Å². The van der Waals surface area contributed by atoms with E-state index >= 15 is 0 Å². The number of rotatable bonds is 3. The Morgan fingerprint density at radius 2 is 2.03 bits per heavy atom. The molecule has 2 aliphatic rings. The molecule has 1 atom stereocenters. The predicted octanol–water partition coefficient (Wildman–Crippen LogP) is 3.46. The predicted molar refractivity (Wildman–Crippen MR) is 117 cm³/mol. The molecule has 1 fully saturated rings. The Kier molecular flexibility index (Phi) is 4.69. The number of aryl methyl sites for hydroxylation is 1. The van der Waals surface area contributed by atoms with Gasteiger partial charge in [-0.3, -0.25) is 0 Å². The van der Waals surface area contributed by atoms with Crippen LogP contribution >= 0.6 is 11.6 Å². The summed E-state index contributed by atoms with van der Waals surface area (Å²) in [5, 5.41) is 15.8. The van der Waals surface area contributed by atoms with Crippen LogP contribution in [0.1, 0.15) is 42.3 Å². The molecular weight excluding hydrogens is 418 g/mol. The molecule has 0 bridgehead atoms. The Morgan fingerprint density at radius 1 is 1.26 bits per heavy atom. The van der Waals surface area contributed by atoms with Crippen LogP contribution in [0.4, 0.5) is 17.5 Å². The number of hydrogen-bond acceptors (Lipinski definition) is 8. The van der Waals surface area contributed by atoms with Crippen LogP contribution in [0.5, 0.6) is 0 Å². The molecule has 0 unspecified atom stereocenters. The lowest BCUT2D eigenvalue weighted by Gasteiger charge is -2.34. The van der Waals surface area contributed by atoms with Gasteiger partial charge < -0.3 is 25.0 Å². The van der Waals surface area contributed by atoms with Gasteiger partial charge in [-0.25, -0.2) is 4.98 Å². The highest BCUT2D eigenvalue weighted by Gasteiger charge is 2.46. The lowest BCUT2D eigenvalue weighted by Crippen LogP contribution is -2.37. The number of anilines is 3. The topological polar surface area (TPSA) is 111 Å². The lowest BCUT2D eigenvalue weighted by atomic mass is 9.75. The number of ether oxygens (including phenoxy) is 1. The van der Waals surface area contributed by atoms with Crippen molar-refractivity contribution in [3.8, 4) is 0 Å². The molecule has 9 heteroatoms. The van der Waals surface area contributed by atoms with E-state index in [2.05, 4.69) is 26.1 Å². The Hall–Kier alpha value is -2.68. The minimum atomic E-state index is -1.32. The van der Waals surface area contributed by atoms with Gasteiger partial charge in [-0.15, -0.1) is 0 Å². The number of fused-ring (bicyclic) bond motifs is 2. The summed E-state index contributed by atoms with van der Waals surface area (Å²) in [4.78, 5) is 10.5. The summed E-state index contributed by atoms with van der Waals surface area (Å²) in [6.45, 7) is 5.62. The fourth-order valence-electron chi connectivity index (χ4n) is 4.66. The van der Waals surface area contributed by atoms with E-state index in [0.29, 0.717) is 47.6 Å². The lowest BCUT2D eigenvalue weighted by molar-refractivity contribution is 0.0557. The van der Waals surface area contributed by atoms with Crippen LogP contribution in [0.15, 0.2) is 35.0 Å². The third kappa shape index (κ3) is 3.26. The van der Waals surface area contributed by atoms with Crippen molar-refractivity contribution in [1.29, 1.82) is 0 Å². The van der Waals surface area contributed by atoms with Crippen LogP contribution in [0.25, 0.3) is 0 Å². The second kappa shape index (κ2) is 7.19. The van der Waals surface area contributed by atoms with Crippen LogP contribution < -0.4 is 10.6 Å². The standard InChI is InChI=1S/C22H24ClN5O3/c1-13-9-18(27-31-13)21(2,29)14-3-4-15-17(10-14)28(12-22(15)5-7-30-8-6-22)19-16(23)11-25-20(24)26-19/h3-4,9-11,29H,5-8,12H2,1-2H3,(H2,24,25,26)/t21-/m0/s1. The van der Waals surface area contributed by atoms with E-state index in [-0.39, 0.29) is 11.4 Å². The van der Waals surface area contributed by atoms with Gasteiger partial charge in [0.1, 0.15) is 22.1 Å². The van der Waals surface area contributed by atoms with Crippen molar-refractivity contribution >= 4 is 29.1 Å². The summed E-state index contributed by atoms with van der Waals surface area (Å²) in [7, 11) is 0. The Bertz CT molecular complexity index is 1140. The number of hydrogen-bond donors (Lipinski definition) is 2. The van der Waals surface area contributed by atoms with E-state index in [1.807, 2.05) is 12.1 Å². The van der Waals surface area contributed by atoms with Crippen molar-refractivity contribution in [2.45, 2.75) is 37.7 Å². The number of nitrogens with two attached hydrogens (primary N) is 1. The first kappa shape index (κ1) is 20.2. The van der Waals surface area contributed by atoms with E-state index < -0.39 is 5.60 Å². The van der Waals surface area contributed by atoms with E-state index in [1.54, 1.807) is 19.9 Å². The molecule has 0 amide bonds. The second-order valence-corrected chi connectivity index (χ2v) is 8.91. The fourth-order valence-corrected chi connectivity index (χ4v) is 4.86. The summed E-state index contributed by atoms with van der Waals surface area (Å²) in [6, 6.07) is 7.78. The molecule has 3 aromatic rings. The van der Waals surface area contributed by atoms with Crippen molar-refractivity contribution in [2.24, 2.45) is 0 Å².